The highest BCUT2D eigenvalue weighted by Gasteiger charge is 2.15. The smallest absolute Gasteiger partial charge is 0.168 e. The van der Waals surface area contributed by atoms with Crippen molar-refractivity contribution in [3.63, 3.8) is 0 Å². The van der Waals surface area contributed by atoms with Gasteiger partial charge in [-0.3, -0.25) is 0 Å². The quantitative estimate of drug-likeness (QED) is 0.881. The third-order valence-electron chi connectivity index (χ3n) is 2.15. The molecule has 1 atom stereocenters. The van der Waals surface area contributed by atoms with Crippen molar-refractivity contribution in [2.24, 2.45) is 12.8 Å². The topological polar surface area (TPSA) is 43.8 Å². The minimum Gasteiger partial charge on any atom is -0.329 e. The number of rotatable bonds is 4. The molecule has 2 N–H and O–H groups in total. The first-order valence-corrected chi connectivity index (χ1v) is 7.29. The van der Waals surface area contributed by atoms with Crippen molar-refractivity contribution in [3.8, 4) is 0 Å². The Morgan fingerprint density at radius 3 is 2.94 bits per heavy atom. The maximum absolute atomic E-state index is 5.81. The Balaban J connectivity index is 2.15. The van der Waals surface area contributed by atoms with E-state index in [0.29, 0.717) is 6.54 Å². The van der Waals surface area contributed by atoms with Crippen LogP contribution in [0.4, 0.5) is 0 Å². The van der Waals surface area contributed by atoms with Gasteiger partial charge in [-0.25, -0.2) is 4.98 Å². The number of nitrogens with two attached hydrogens (primary N) is 1. The summed E-state index contributed by atoms with van der Waals surface area (Å²) in [7, 11) is 1.99. The fourth-order valence-electron chi connectivity index (χ4n) is 1.32. The highest BCUT2D eigenvalue weighted by Crippen LogP contribution is 2.37. The lowest BCUT2D eigenvalue weighted by atomic mass is 10.3. The molecule has 0 saturated carbocycles. The van der Waals surface area contributed by atoms with E-state index >= 15 is 0 Å². The summed E-state index contributed by atoms with van der Waals surface area (Å²) in [5.74, 6) is 0. The molecule has 86 valence electrons. The van der Waals surface area contributed by atoms with E-state index in [1.807, 2.05) is 17.8 Å². The summed E-state index contributed by atoms with van der Waals surface area (Å²) in [4.78, 5) is 5.58. The summed E-state index contributed by atoms with van der Waals surface area (Å²) in [5, 5.41) is 1.28. The van der Waals surface area contributed by atoms with Crippen molar-refractivity contribution < 1.29 is 0 Å². The molecular weight excluding hydrogens is 306 g/mol. The second-order valence-corrected chi connectivity index (χ2v) is 6.97. The van der Waals surface area contributed by atoms with Gasteiger partial charge >= 0.3 is 0 Å². The molecule has 0 amide bonds. The fourth-order valence-corrected chi connectivity index (χ4v) is 3.92. The lowest BCUT2D eigenvalue weighted by molar-refractivity contribution is 0.784. The van der Waals surface area contributed by atoms with Gasteiger partial charge in [-0.05, 0) is 28.1 Å². The summed E-state index contributed by atoms with van der Waals surface area (Å²) in [5.41, 5.74) is 5.81. The van der Waals surface area contributed by atoms with E-state index in [9.17, 15) is 0 Å². The predicted octanol–water partition coefficient (Wildman–Crippen LogP) is 3.04. The van der Waals surface area contributed by atoms with Crippen LogP contribution in [0, 0.1) is 0 Å². The molecule has 0 aromatic carbocycles. The first kappa shape index (κ1) is 12.2. The average Bonchev–Trinajstić information content (AvgIpc) is 2.85. The number of imidazole rings is 1. The zero-order valence-corrected chi connectivity index (χ0v) is 12.0. The zero-order valence-electron chi connectivity index (χ0n) is 8.76. The van der Waals surface area contributed by atoms with Gasteiger partial charge in [0.2, 0.25) is 0 Å². The summed E-state index contributed by atoms with van der Waals surface area (Å²) in [6.07, 6.45) is 3.75. The monoisotopic (exact) mass is 317 g/mol. The number of aryl methyl sites for hydroxylation is 1. The van der Waals surface area contributed by atoms with Crippen LogP contribution in [0.1, 0.15) is 10.1 Å². The van der Waals surface area contributed by atoms with Crippen LogP contribution in [0.5, 0.6) is 0 Å². The van der Waals surface area contributed by atoms with E-state index in [1.54, 1.807) is 29.3 Å². The van der Waals surface area contributed by atoms with Gasteiger partial charge in [0.1, 0.15) is 0 Å². The summed E-state index contributed by atoms with van der Waals surface area (Å²) in [6, 6.07) is 4.17. The van der Waals surface area contributed by atoms with Gasteiger partial charge in [0, 0.05) is 30.9 Å². The third kappa shape index (κ3) is 2.68. The summed E-state index contributed by atoms with van der Waals surface area (Å²) >= 11 is 6.90. The molecule has 0 bridgehead atoms. The normalized spacial score (nSPS) is 12.9. The van der Waals surface area contributed by atoms with E-state index in [4.69, 9.17) is 5.73 Å². The Morgan fingerprint density at radius 1 is 1.62 bits per heavy atom. The molecule has 0 radical (unpaired) electrons. The van der Waals surface area contributed by atoms with E-state index in [-0.39, 0.29) is 5.25 Å². The Kier molecular flexibility index (Phi) is 4.07. The second-order valence-electron chi connectivity index (χ2n) is 3.30. The molecule has 16 heavy (non-hydrogen) atoms. The number of hydrogen-bond acceptors (Lipinski definition) is 4. The van der Waals surface area contributed by atoms with E-state index < -0.39 is 0 Å². The fraction of sp³-hybridized carbons (Fsp3) is 0.300. The maximum atomic E-state index is 5.81. The van der Waals surface area contributed by atoms with Gasteiger partial charge in [-0.1, -0.05) is 11.8 Å². The van der Waals surface area contributed by atoms with Crippen molar-refractivity contribution in [1.29, 1.82) is 0 Å². The molecule has 0 aliphatic heterocycles. The van der Waals surface area contributed by atoms with E-state index in [0.717, 1.165) is 8.94 Å². The molecule has 2 aromatic rings. The van der Waals surface area contributed by atoms with Crippen LogP contribution in [-0.2, 0) is 7.05 Å². The van der Waals surface area contributed by atoms with Crippen molar-refractivity contribution >= 4 is 39.0 Å². The molecular formula is C10H12BrN3S2. The van der Waals surface area contributed by atoms with Crippen LogP contribution in [0.15, 0.2) is 33.5 Å². The molecule has 0 aliphatic rings. The summed E-state index contributed by atoms with van der Waals surface area (Å²) in [6.45, 7) is 0.616. The molecule has 2 aromatic heterocycles. The highest BCUT2D eigenvalue weighted by molar-refractivity contribution is 9.11. The lowest BCUT2D eigenvalue weighted by Gasteiger charge is -2.11. The molecule has 2 heterocycles. The van der Waals surface area contributed by atoms with Crippen molar-refractivity contribution in [2.75, 3.05) is 6.54 Å². The molecule has 0 fully saturated rings. The predicted molar refractivity (Wildman–Crippen MR) is 72.9 cm³/mol. The third-order valence-corrected chi connectivity index (χ3v) is 5.37. The Morgan fingerprint density at radius 2 is 2.44 bits per heavy atom. The Labute approximate surface area is 111 Å². The number of aromatic nitrogens is 2. The van der Waals surface area contributed by atoms with Gasteiger partial charge in [0.25, 0.3) is 0 Å². The van der Waals surface area contributed by atoms with Crippen LogP contribution in [0.25, 0.3) is 0 Å². The number of thiophene rings is 1. The Bertz CT molecular complexity index is 466. The van der Waals surface area contributed by atoms with Crippen molar-refractivity contribution in [3.05, 3.63) is 33.2 Å². The molecule has 0 aliphatic carbocycles. The van der Waals surface area contributed by atoms with Gasteiger partial charge in [-0.2, -0.15) is 0 Å². The minimum absolute atomic E-state index is 0.275. The van der Waals surface area contributed by atoms with Crippen molar-refractivity contribution in [1.82, 2.24) is 9.55 Å². The number of nitrogens with zero attached hydrogens (tertiary/aromatic N) is 2. The minimum atomic E-state index is 0.275. The van der Waals surface area contributed by atoms with Crippen LogP contribution < -0.4 is 5.73 Å². The molecule has 3 nitrogen and oxygen atoms in total. The first-order valence-electron chi connectivity index (χ1n) is 4.80. The molecule has 1 unspecified atom stereocenters. The van der Waals surface area contributed by atoms with Crippen LogP contribution in [-0.4, -0.2) is 16.1 Å². The molecule has 0 saturated heterocycles. The highest BCUT2D eigenvalue weighted by atomic mass is 79.9. The first-order chi connectivity index (χ1) is 7.70. The van der Waals surface area contributed by atoms with Crippen LogP contribution in [0.3, 0.4) is 0 Å². The van der Waals surface area contributed by atoms with Gasteiger partial charge in [-0.15, -0.1) is 11.3 Å². The van der Waals surface area contributed by atoms with E-state index in [1.165, 1.54) is 4.88 Å². The molecule has 6 heteroatoms. The van der Waals surface area contributed by atoms with E-state index in [2.05, 4.69) is 33.0 Å². The molecule has 2 rings (SSSR count). The lowest BCUT2D eigenvalue weighted by Crippen LogP contribution is -2.08. The average molecular weight is 318 g/mol. The van der Waals surface area contributed by atoms with Crippen molar-refractivity contribution in [2.45, 2.75) is 10.4 Å². The Hall–Kier alpha value is -0.300. The summed E-state index contributed by atoms with van der Waals surface area (Å²) < 4.78 is 3.15. The number of thioether (sulfide) groups is 1. The second kappa shape index (κ2) is 5.35. The van der Waals surface area contributed by atoms with Crippen LogP contribution >= 0.6 is 39.0 Å². The van der Waals surface area contributed by atoms with Gasteiger partial charge < -0.3 is 10.3 Å². The SMILES string of the molecule is Cn1ccnc1SC(CN)c1ccc(Br)s1. The standard InChI is InChI=1S/C10H12BrN3S2/c1-14-5-4-13-10(14)16-8(6-12)7-2-3-9(11)15-7/h2-5,8H,6,12H2,1H3. The maximum Gasteiger partial charge on any atom is 0.168 e. The largest absolute Gasteiger partial charge is 0.329 e. The zero-order chi connectivity index (χ0) is 11.5. The number of halogens is 1. The van der Waals surface area contributed by atoms with Crippen LogP contribution in [0.2, 0.25) is 0 Å². The van der Waals surface area contributed by atoms with Gasteiger partial charge in [0.05, 0.1) is 9.04 Å². The van der Waals surface area contributed by atoms with Gasteiger partial charge in [0.15, 0.2) is 5.16 Å². The number of hydrogen-bond donors (Lipinski definition) is 1. The molecule has 0 spiro atoms.